The lowest BCUT2D eigenvalue weighted by Crippen LogP contribution is -2.02. The zero-order valence-electron chi connectivity index (χ0n) is 12.6. The Balaban J connectivity index is 1.92. The summed E-state index contributed by atoms with van der Waals surface area (Å²) in [6.07, 6.45) is 4.82. The average Bonchev–Trinajstić information content (AvgIpc) is 2.98. The second kappa shape index (κ2) is 5.16. The Morgan fingerprint density at radius 1 is 1.09 bits per heavy atom. The Labute approximate surface area is 128 Å². The summed E-state index contributed by atoms with van der Waals surface area (Å²) < 4.78 is 10.8. The van der Waals surface area contributed by atoms with Gasteiger partial charge in [-0.05, 0) is 61.3 Å². The molecule has 0 amide bonds. The highest BCUT2D eigenvalue weighted by Crippen LogP contribution is 2.33. The van der Waals surface area contributed by atoms with Gasteiger partial charge in [0, 0.05) is 10.8 Å². The highest BCUT2D eigenvalue weighted by atomic mass is 16.5. The Bertz CT molecular complexity index is 873. The molecule has 4 rings (SSSR count). The number of aryl methyl sites for hydroxylation is 2. The van der Waals surface area contributed by atoms with Gasteiger partial charge in [-0.2, -0.15) is 0 Å². The van der Waals surface area contributed by atoms with Crippen LogP contribution in [0.3, 0.4) is 0 Å². The summed E-state index contributed by atoms with van der Waals surface area (Å²) in [5.74, 6) is -0.119. The van der Waals surface area contributed by atoms with Gasteiger partial charge < -0.3 is 9.15 Å². The molecule has 3 heteroatoms. The molecule has 22 heavy (non-hydrogen) atoms. The number of benzene rings is 2. The van der Waals surface area contributed by atoms with Crippen LogP contribution in [0.25, 0.3) is 21.7 Å². The zero-order chi connectivity index (χ0) is 15.1. The van der Waals surface area contributed by atoms with Crippen LogP contribution < -0.4 is 0 Å². The van der Waals surface area contributed by atoms with Crippen molar-refractivity contribution in [2.24, 2.45) is 0 Å². The Kier molecular flexibility index (Phi) is 3.14. The number of hydrogen-bond acceptors (Lipinski definition) is 3. The predicted molar refractivity (Wildman–Crippen MR) is 86.3 cm³/mol. The molecule has 0 saturated carbocycles. The molecule has 0 radical (unpaired) electrons. The maximum atomic E-state index is 11.9. The molecule has 3 aromatic rings. The third kappa shape index (κ3) is 2.08. The second-order valence-electron chi connectivity index (χ2n) is 5.86. The topological polar surface area (TPSA) is 39.4 Å². The molecule has 1 aliphatic carbocycles. The Hall–Kier alpha value is -2.29. The largest absolute Gasteiger partial charge is 0.460 e. The summed E-state index contributed by atoms with van der Waals surface area (Å²) in [5, 5.41) is 3.22. The van der Waals surface area contributed by atoms with E-state index in [0.29, 0.717) is 6.61 Å². The molecule has 0 bridgehead atoms. The third-order valence-electron chi connectivity index (χ3n) is 4.44. The molecule has 0 saturated heterocycles. The van der Waals surface area contributed by atoms with Crippen molar-refractivity contribution in [1.29, 1.82) is 0 Å². The number of fused-ring (bicyclic) bond motifs is 4. The summed E-state index contributed by atoms with van der Waals surface area (Å²) in [4.78, 5) is 11.9. The van der Waals surface area contributed by atoms with Crippen LogP contribution in [0.4, 0.5) is 0 Å². The van der Waals surface area contributed by atoms with Crippen LogP contribution in [-0.2, 0) is 17.6 Å². The van der Waals surface area contributed by atoms with E-state index in [0.717, 1.165) is 29.2 Å². The summed E-state index contributed by atoms with van der Waals surface area (Å²) in [6, 6.07) is 10.4. The van der Waals surface area contributed by atoms with Crippen molar-refractivity contribution < 1.29 is 13.9 Å². The van der Waals surface area contributed by atoms with Crippen LogP contribution in [-0.4, -0.2) is 12.6 Å². The Morgan fingerprint density at radius 3 is 2.59 bits per heavy atom. The molecule has 112 valence electrons. The fourth-order valence-electron chi connectivity index (χ4n) is 3.36. The van der Waals surface area contributed by atoms with E-state index in [1.807, 2.05) is 6.07 Å². The van der Waals surface area contributed by atoms with E-state index in [9.17, 15) is 4.79 Å². The molecule has 1 aromatic heterocycles. The third-order valence-corrected chi connectivity index (χ3v) is 4.44. The molecule has 1 aliphatic rings. The van der Waals surface area contributed by atoms with E-state index >= 15 is 0 Å². The highest BCUT2D eigenvalue weighted by Gasteiger charge is 2.17. The first-order valence-corrected chi connectivity index (χ1v) is 7.91. The Morgan fingerprint density at radius 2 is 1.82 bits per heavy atom. The zero-order valence-corrected chi connectivity index (χ0v) is 12.6. The van der Waals surface area contributed by atoms with Crippen LogP contribution in [0.2, 0.25) is 0 Å². The van der Waals surface area contributed by atoms with E-state index in [2.05, 4.69) is 18.2 Å². The number of carbonyl (C=O) groups is 1. The first-order valence-electron chi connectivity index (χ1n) is 7.91. The fraction of sp³-hybridized carbons (Fsp3) is 0.316. The predicted octanol–water partition coefficient (Wildman–Crippen LogP) is 4.64. The molecule has 3 nitrogen and oxygen atoms in total. The van der Waals surface area contributed by atoms with Gasteiger partial charge in [0.05, 0.1) is 6.61 Å². The molecule has 0 spiro atoms. The molecule has 0 fully saturated rings. The van der Waals surface area contributed by atoms with Gasteiger partial charge in [0.15, 0.2) is 0 Å². The number of carbonyl (C=O) groups excluding carboxylic acids is 1. The van der Waals surface area contributed by atoms with Gasteiger partial charge in [0.1, 0.15) is 5.58 Å². The van der Waals surface area contributed by atoms with Gasteiger partial charge >= 0.3 is 5.97 Å². The summed E-state index contributed by atoms with van der Waals surface area (Å²) >= 11 is 0. The highest BCUT2D eigenvalue weighted by molar-refractivity contribution is 6.07. The molecule has 0 atom stereocenters. The van der Waals surface area contributed by atoms with Crippen LogP contribution in [0, 0.1) is 0 Å². The summed E-state index contributed by atoms with van der Waals surface area (Å²) in [5.41, 5.74) is 3.66. The summed E-state index contributed by atoms with van der Waals surface area (Å²) in [6.45, 7) is 2.15. The van der Waals surface area contributed by atoms with E-state index in [4.69, 9.17) is 9.15 Å². The van der Waals surface area contributed by atoms with E-state index in [-0.39, 0.29) is 5.76 Å². The maximum absolute atomic E-state index is 11.9. The number of esters is 1. The van der Waals surface area contributed by atoms with Gasteiger partial charge in [-0.25, -0.2) is 4.79 Å². The standard InChI is InChI=1S/C19H18O3/c1-2-21-19(20)17-11-15-8-7-14-9-12-5-3-4-6-13(12)10-16(14)18(15)22-17/h7-11H,2-6H2,1H3. The number of ether oxygens (including phenoxy) is 1. The molecule has 0 N–H and O–H groups in total. The van der Waals surface area contributed by atoms with Crippen molar-refractivity contribution in [2.75, 3.05) is 6.61 Å². The smallest absolute Gasteiger partial charge is 0.374 e. The maximum Gasteiger partial charge on any atom is 0.374 e. The lowest BCUT2D eigenvalue weighted by atomic mass is 9.89. The number of furan rings is 1. The lowest BCUT2D eigenvalue weighted by molar-refractivity contribution is 0.0493. The normalized spacial score (nSPS) is 14.2. The minimum Gasteiger partial charge on any atom is -0.460 e. The fourth-order valence-corrected chi connectivity index (χ4v) is 3.36. The van der Waals surface area contributed by atoms with E-state index in [1.54, 1.807) is 13.0 Å². The van der Waals surface area contributed by atoms with Gasteiger partial charge in [0.25, 0.3) is 0 Å². The van der Waals surface area contributed by atoms with Crippen LogP contribution >= 0.6 is 0 Å². The second-order valence-corrected chi connectivity index (χ2v) is 5.86. The van der Waals surface area contributed by atoms with Gasteiger partial charge in [-0.15, -0.1) is 0 Å². The quantitative estimate of drug-likeness (QED) is 0.646. The van der Waals surface area contributed by atoms with Crippen molar-refractivity contribution in [3.63, 3.8) is 0 Å². The number of rotatable bonds is 2. The van der Waals surface area contributed by atoms with E-state index < -0.39 is 5.97 Å². The molecular formula is C19H18O3. The van der Waals surface area contributed by atoms with Gasteiger partial charge in [0.2, 0.25) is 5.76 Å². The molecular weight excluding hydrogens is 276 g/mol. The molecule has 2 aromatic carbocycles. The van der Waals surface area contributed by atoms with Gasteiger partial charge in [-0.1, -0.05) is 18.2 Å². The monoisotopic (exact) mass is 294 g/mol. The van der Waals surface area contributed by atoms with Crippen LogP contribution in [0.15, 0.2) is 34.7 Å². The van der Waals surface area contributed by atoms with Crippen molar-refractivity contribution in [2.45, 2.75) is 32.6 Å². The SMILES string of the molecule is CCOC(=O)c1cc2ccc3cc4c(cc3c2o1)CCCC4. The minimum absolute atomic E-state index is 0.280. The first-order chi connectivity index (χ1) is 10.8. The average molecular weight is 294 g/mol. The van der Waals surface area contributed by atoms with Crippen molar-refractivity contribution in [3.8, 4) is 0 Å². The van der Waals surface area contributed by atoms with E-state index in [1.165, 1.54) is 29.4 Å². The molecule has 0 unspecified atom stereocenters. The van der Waals surface area contributed by atoms with Crippen molar-refractivity contribution in [3.05, 3.63) is 47.2 Å². The lowest BCUT2D eigenvalue weighted by Gasteiger charge is -2.16. The molecule has 0 aliphatic heterocycles. The minimum atomic E-state index is -0.398. The van der Waals surface area contributed by atoms with Crippen LogP contribution in [0.5, 0.6) is 0 Å². The van der Waals surface area contributed by atoms with Crippen LogP contribution in [0.1, 0.15) is 41.4 Å². The first kappa shape index (κ1) is 13.4. The molecule has 1 heterocycles. The van der Waals surface area contributed by atoms with Crippen molar-refractivity contribution >= 4 is 27.7 Å². The number of hydrogen-bond donors (Lipinski definition) is 0. The summed E-state index contributed by atoms with van der Waals surface area (Å²) in [7, 11) is 0. The van der Waals surface area contributed by atoms with Gasteiger partial charge in [-0.3, -0.25) is 0 Å². The van der Waals surface area contributed by atoms with Crippen molar-refractivity contribution in [1.82, 2.24) is 0 Å².